The maximum absolute atomic E-state index is 13.3. The van der Waals surface area contributed by atoms with Crippen LogP contribution in [0.15, 0.2) is 17.1 Å². The van der Waals surface area contributed by atoms with Crippen molar-refractivity contribution >= 4 is 23.3 Å². The molecule has 31 heavy (non-hydrogen) atoms. The number of nitrogens with two attached hydrogens (primary N) is 1. The summed E-state index contributed by atoms with van der Waals surface area (Å²) in [4.78, 5) is 32.3. The van der Waals surface area contributed by atoms with Crippen LogP contribution in [-0.2, 0) is 15.3 Å². The lowest BCUT2D eigenvalue weighted by atomic mass is 9.90. The fraction of sp³-hybridized carbons (Fsp3) is 0.571. The summed E-state index contributed by atoms with van der Waals surface area (Å²) in [5.74, 6) is 0.594. The highest BCUT2D eigenvalue weighted by Gasteiger charge is 2.43. The summed E-state index contributed by atoms with van der Waals surface area (Å²) >= 11 is 0. The zero-order chi connectivity index (χ0) is 22.4. The molecular formula is C21H32N6O4. The standard InChI is InChI=1S/C21H32N6O4/c1-4-5-6-24-19(29)13-18(28)21(22)14-11-16(30-2)17(31-3)12-15(14)25-20(26-21)27-9-7-23-8-10-27/h11-12,23H,4-10,13,22H2,1-3H3,(H,24,29)(H,25,26). The maximum atomic E-state index is 13.3. The third-order valence-electron chi connectivity index (χ3n) is 5.48. The van der Waals surface area contributed by atoms with Gasteiger partial charge in [0.15, 0.2) is 22.9 Å². The van der Waals surface area contributed by atoms with Gasteiger partial charge in [0.05, 0.1) is 26.3 Å². The van der Waals surface area contributed by atoms with Gasteiger partial charge in [-0.2, -0.15) is 0 Å². The molecule has 1 fully saturated rings. The van der Waals surface area contributed by atoms with Crippen LogP contribution in [0, 0.1) is 0 Å². The van der Waals surface area contributed by atoms with Crippen LogP contribution in [0.2, 0.25) is 0 Å². The Balaban J connectivity index is 1.96. The highest BCUT2D eigenvalue weighted by Crippen LogP contribution is 2.41. The molecule has 1 saturated heterocycles. The number of nitrogens with one attached hydrogen (secondary N) is 3. The third-order valence-corrected chi connectivity index (χ3v) is 5.48. The van der Waals surface area contributed by atoms with Gasteiger partial charge in [-0.3, -0.25) is 15.3 Å². The number of piperazine rings is 1. The number of unbranched alkanes of at least 4 members (excludes halogenated alkanes) is 1. The van der Waals surface area contributed by atoms with E-state index in [9.17, 15) is 9.59 Å². The Labute approximate surface area is 182 Å². The number of methoxy groups -OCH3 is 2. The van der Waals surface area contributed by atoms with Crippen LogP contribution in [0.5, 0.6) is 11.5 Å². The van der Waals surface area contributed by atoms with E-state index in [1.165, 1.54) is 7.11 Å². The first-order valence-electron chi connectivity index (χ1n) is 10.6. The molecule has 1 atom stereocenters. The first kappa shape index (κ1) is 22.8. The number of carbonyl (C=O) groups is 2. The van der Waals surface area contributed by atoms with Crippen molar-refractivity contribution in [2.45, 2.75) is 31.8 Å². The number of rotatable bonds is 8. The topological polar surface area (TPSA) is 130 Å². The molecule has 1 aromatic rings. The highest BCUT2D eigenvalue weighted by molar-refractivity contribution is 6.08. The lowest BCUT2D eigenvalue weighted by Crippen LogP contribution is -2.55. The largest absolute Gasteiger partial charge is 0.493 e. The summed E-state index contributed by atoms with van der Waals surface area (Å²) in [7, 11) is 3.05. The van der Waals surface area contributed by atoms with E-state index >= 15 is 0 Å². The monoisotopic (exact) mass is 432 g/mol. The van der Waals surface area contributed by atoms with Gasteiger partial charge < -0.3 is 30.3 Å². The second kappa shape index (κ2) is 9.97. The molecule has 10 heteroatoms. The summed E-state index contributed by atoms with van der Waals surface area (Å²) in [6, 6.07) is 3.38. The number of anilines is 1. The van der Waals surface area contributed by atoms with Crippen LogP contribution < -0.4 is 31.2 Å². The number of ketones is 1. The van der Waals surface area contributed by atoms with Crippen LogP contribution in [0.4, 0.5) is 5.69 Å². The summed E-state index contributed by atoms with van der Waals surface area (Å²) in [6.45, 7) is 5.59. The van der Waals surface area contributed by atoms with Crippen molar-refractivity contribution < 1.29 is 19.1 Å². The van der Waals surface area contributed by atoms with Gasteiger partial charge in [-0.05, 0) is 12.5 Å². The second-order valence-electron chi connectivity index (χ2n) is 7.62. The van der Waals surface area contributed by atoms with Crippen LogP contribution in [0.25, 0.3) is 0 Å². The Morgan fingerprint density at radius 2 is 1.90 bits per heavy atom. The predicted molar refractivity (Wildman–Crippen MR) is 118 cm³/mol. The van der Waals surface area contributed by atoms with Gasteiger partial charge in [-0.1, -0.05) is 13.3 Å². The maximum Gasteiger partial charge on any atom is 0.227 e. The molecule has 0 bridgehead atoms. The Hall–Kier alpha value is -2.85. The van der Waals surface area contributed by atoms with Crippen molar-refractivity contribution in [3.05, 3.63) is 17.7 Å². The number of aliphatic imine (C=N–C) groups is 1. The van der Waals surface area contributed by atoms with Crippen LogP contribution in [0.1, 0.15) is 31.7 Å². The van der Waals surface area contributed by atoms with Crippen LogP contribution in [0.3, 0.4) is 0 Å². The Morgan fingerprint density at radius 3 is 2.55 bits per heavy atom. The normalized spacial score (nSPS) is 20.3. The lowest BCUT2D eigenvalue weighted by Gasteiger charge is -2.38. The van der Waals surface area contributed by atoms with E-state index in [4.69, 9.17) is 15.2 Å². The van der Waals surface area contributed by atoms with E-state index in [1.807, 2.05) is 11.8 Å². The zero-order valence-electron chi connectivity index (χ0n) is 18.4. The number of carbonyl (C=O) groups excluding carboxylic acids is 2. The van der Waals surface area contributed by atoms with Gasteiger partial charge in [0, 0.05) is 44.4 Å². The van der Waals surface area contributed by atoms with Crippen molar-refractivity contribution in [1.29, 1.82) is 0 Å². The summed E-state index contributed by atoms with van der Waals surface area (Å²) in [5, 5.41) is 9.33. The molecule has 0 aliphatic carbocycles. The summed E-state index contributed by atoms with van der Waals surface area (Å²) in [6.07, 6.45) is 1.45. The summed E-state index contributed by atoms with van der Waals surface area (Å²) in [5.41, 5.74) is 5.95. The minimum atomic E-state index is -1.72. The van der Waals surface area contributed by atoms with Crippen molar-refractivity contribution in [2.75, 3.05) is 52.3 Å². The molecule has 2 aliphatic heterocycles. The number of hydrogen-bond donors (Lipinski definition) is 4. The molecule has 2 heterocycles. The molecule has 1 aromatic carbocycles. The van der Waals surface area contributed by atoms with E-state index in [1.54, 1.807) is 19.2 Å². The second-order valence-corrected chi connectivity index (χ2v) is 7.62. The van der Waals surface area contributed by atoms with Gasteiger partial charge in [0.25, 0.3) is 0 Å². The van der Waals surface area contributed by atoms with E-state index in [2.05, 4.69) is 20.9 Å². The molecule has 0 aromatic heterocycles. The molecule has 1 unspecified atom stereocenters. The number of nitrogens with zero attached hydrogens (tertiary/aromatic N) is 2. The zero-order valence-corrected chi connectivity index (χ0v) is 18.4. The molecule has 5 N–H and O–H groups in total. The number of benzene rings is 1. The van der Waals surface area contributed by atoms with Crippen molar-refractivity contribution in [3.63, 3.8) is 0 Å². The average Bonchev–Trinajstić information content (AvgIpc) is 2.78. The quantitative estimate of drug-likeness (QED) is 0.343. The Bertz CT molecular complexity index is 853. The molecule has 170 valence electrons. The molecular weight excluding hydrogens is 400 g/mol. The van der Waals surface area contributed by atoms with Crippen LogP contribution >= 0.6 is 0 Å². The van der Waals surface area contributed by atoms with Gasteiger partial charge in [-0.15, -0.1) is 0 Å². The third kappa shape index (κ3) is 4.91. The molecule has 0 spiro atoms. The minimum absolute atomic E-state index is 0.355. The minimum Gasteiger partial charge on any atom is -0.493 e. The van der Waals surface area contributed by atoms with Crippen molar-refractivity contribution in [3.8, 4) is 11.5 Å². The van der Waals surface area contributed by atoms with Gasteiger partial charge in [0.1, 0.15) is 0 Å². The van der Waals surface area contributed by atoms with E-state index < -0.39 is 11.4 Å². The van der Waals surface area contributed by atoms with Gasteiger partial charge in [0.2, 0.25) is 11.9 Å². The smallest absolute Gasteiger partial charge is 0.227 e. The summed E-state index contributed by atoms with van der Waals surface area (Å²) < 4.78 is 10.8. The first-order chi connectivity index (χ1) is 14.9. The van der Waals surface area contributed by atoms with Crippen LogP contribution in [-0.4, -0.2) is 69.5 Å². The van der Waals surface area contributed by atoms with E-state index in [-0.39, 0.29) is 12.3 Å². The van der Waals surface area contributed by atoms with Gasteiger partial charge >= 0.3 is 0 Å². The number of hydrogen-bond acceptors (Lipinski definition) is 9. The van der Waals surface area contributed by atoms with E-state index in [0.29, 0.717) is 35.3 Å². The van der Waals surface area contributed by atoms with Crippen molar-refractivity contribution in [1.82, 2.24) is 15.5 Å². The number of Topliss-reactive ketones (excluding diaryl/α,β-unsaturated/α-hetero) is 1. The number of guanidine groups is 1. The van der Waals surface area contributed by atoms with E-state index in [0.717, 1.165) is 39.0 Å². The molecule has 3 rings (SSSR count). The van der Waals surface area contributed by atoms with Crippen molar-refractivity contribution in [2.24, 2.45) is 10.7 Å². The molecule has 0 radical (unpaired) electrons. The molecule has 0 saturated carbocycles. The van der Waals surface area contributed by atoms with Gasteiger partial charge in [-0.25, -0.2) is 4.99 Å². The average molecular weight is 433 g/mol. The Kier molecular flexibility index (Phi) is 7.34. The fourth-order valence-corrected chi connectivity index (χ4v) is 3.66. The first-order valence-corrected chi connectivity index (χ1v) is 10.6. The Morgan fingerprint density at radius 1 is 1.23 bits per heavy atom. The number of fused-ring (bicyclic) bond motifs is 1. The number of amides is 1. The SMILES string of the molecule is CCCCNC(=O)CC(=O)C1(N)N=C(N2CCNCC2)Nc2cc(OC)c(OC)cc21. The molecule has 1 amide bonds. The number of ether oxygens (including phenoxy) is 2. The predicted octanol–water partition coefficient (Wildman–Crippen LogP) is 0.378. The lowest BCUT2D eigenvalue weighted by molar-refractivity contribution is -0.131. The fourth-order valence-electron chi connectivity index (χ4n) is 3.66. The highest BCUT2D eigenvalue weighted by atomic mass is 16.5. The molecule has 2 aliphatic rings. The molecule has 10 nitrogen and oxygen atoms in total.